The predicted molar refractivity (Wildman–Crippen MR) is 73.4 cm³/mol. The molecule has 1 aliphatic heterocycles. The van der Waals surface area contributed by atoms with E-state index in [1.807, 2.05) is 6.92 Å². The van der Waals surface area contributed by atoms with Crippen molar-refractivity contribution in [3.05, 3.63) is 66.8 Å². The van der Waals surface area contributed by atoms with Gasteiger partial charge in [0.15, 0.2) is 0 Å². The molecular formula is C17H16IO2-. The summed E-state index contributed by atoms with van der Waals surface area (Å²) in [6.07, 6.45) is 0.436. The van der Waals surface area contributed by atoms with Crippen LogP contribution in [-0.2, 0) is 9.53 Å². The van der Waals surface area contributed by atoms with E-state index in [0.29, 0.717) is 13.0 Å². The van der Waals surface area contributed by atoms with Gasteiger partial charge in [0.05, 0.1) is 0 Å². The quantitative estimate of drug-likeness (QED) is 0.563. The fraction of sp³-hybridized carbons (Fsp3) is 0.235. The third-order valence-electron chi connectivity index (χ3n) is 3.44. The van der Waals surface area contributed by atoms with Crippen LogP contribution in [0, 0.1) is 7.14 Å². The van der Waals surface area contributed by atoms with E-state index >= 15 is 0 Å². The molecule has 3 rings (SSSR count). The first-order valence-electron chi connectivity index (χ1n) is 6.78. The van der Waals surface area contributed by atoms with E-state index in [0.717, 1.165) is 0 Å². The van der Waals surface area contributed by atoms with Gasteiger partial charge in [-0.15, -0.1) is 0 Å². The standard InChI is InChI=1S/C17H16IO2/c1-2-20-17(19)11-14-12-7-3-5-9-15(12)18-16-10-6-4-8-13(14)16/h3-10,14H,2,11H2,1H3/q-1. The molecule has 2 aromatic rings. The van der Waals surface area contributed by atoms with Crippen LogP contribution in [0.15, 0.2) is 48.5 Å². The van der Waals surface area contributed by atoms with Crippen LogP contribution in [0.1, 0.15) is 30.4 Å². The third kappa shape index (κ3) is 2.59. The molecule has 0 bridgehead atoms. The monoisotopic (exact) mass is 379 g/mol. The second-order valence-corrected chi connectivity index (χ2v) is 7.56. The molecular weight excluding hydrogens is 363 g/mol. The molecule has 0 fully saturated rings. The number of hydrogen-bond donors (Lipinski definition) is 0. The summed E-state index contributed by atoms with van der Waals surface area (Å²) in [6, 6.07) is 17.0. The first kappa shape index (κ1) is 13.6. The van der Waals surface area contributed by atoms with Gasteiger partial charge in [-0.2, -0.15) is 0 Å². The molecule has 0 amide bonds. The van der Waals surface area contributed by atoms with Gasteiger partial charge < -0.3 is 0 Å². The minimum absolute atomic E-state index is 0.109. The molecule has 0 N–H and O–H groups in total. The SMILES string of the molecule is CCOC(=O)CC1c2ccccc2[I-]c2ccccc21. The summed E-state index contributed by atoms with van der Waals surface area (Å²) >= 11 is -0.138. The normalized spacial score (nSPS) is 13.8. The number of fused-ring (bicyclic) bond motifs is 2. The van der Waals surface area contributed by atoms with Crippen molar-refractivity contribution >= 4 is 5.97 Å². The molecule has 0 aliphatic carbocycles. The third-order valence-corrected chi connectivity index (χ3v) is 6.57. The van der Waals surface area contributed by atoms with Crippen LogP contribution in [0.5, 0.6) is 0 Å². The van der Waals surface area contributed by atoms with Gasteiger partial charge in [0.1, 0.15) is 0 Å². The zero-order chi connectivity index (χ0) is 13.9. The molecule has 2 aromatic carbocycles. The molecule has 0 aromatic heterocycles. The summed E-state index contributed by atoms with van der Waals surface area (Å²) in [7, 11) is 0. The summed E-state index contributed by atoms with van der Waals surface area (Å²) in [6.45, 7) is 2.30. The number of carbonyl (C=O) groups is 1. The molecule has 0 saturated heterocycles. The summed E-state index contributed by atoms with van der Waals surface area (Å²) in [5, 5.41) is 0. The predicted octanol–water partition coefficient (Wildman–Crippen LogP) is 0.214. The summed E-state index contributed by atoms with van der Waals surface area (Å²) in [4.78, 5) is 11.9. The van der Waals surface area contributed by atoms with Crippen molar-refractivity contribution in [2.75, 3.05) is 6.61 Å². The molecule has 104 valence electrons. The van der Waals surface area contributed by atoms with E-state index in [1.54, 1.807) is 0 Å². The fourth-order valence-corrected chi connectivity index (χ4v) is 5.71. The Hall–Kier alpha value is -1.36. The van der Waals surface area contributed by atoms with E-state index in [-0.39, 0.29) is 33.1 Å². The molecule has 1 aliphatic rings. The van der Waals surface area contributed by atoms with E-state index in [9.17, 15) is 4.79 Å². The zero-order valence-electron chi connectivity index (χ0n) is 11.3. The van der Waals surface area contributed by atoms with E-state index in [1.165, 1.54) is 18.3 Å². The average molecular weight is 379 g/mol. The Morgan fingerprint density at radius 3 is 2.15 bits per heavy atom. The maximum atomic E-state index is 11.9. The number of esters is 1. The van der Waals surface area contributed by atoms with Crippen LogP contribution in [0.4, 0.5) is 0 Å². The molecule has 0 spiro atoms. The Labute approximate surface area is 129 Å². The van der Waals surface area contributed by atoms with Gasteiger partial charge in [0, 0.05) is 0 Å². The van der Waals surface area contributed by atoms with Crippen molar-refractivity contribution < 1.29 is 30.7 Å². The maximum absolute atomic E-state index is 11.9. The Kier molecular flexibility index (Phi) is 4.05. The molecule has 20 heavy (non-hydrogen) atoms. The van der Waals surface area contributed by atoms with Crippen molar-refractivity contribution in [1.29, 1.82) is 0 Å². The molecule has 0 radical (unpaired) electrons. The van der Waals surface area contributed by atoms with Crippen LogP contribution >= 0.6 is 0 Å². The van der Waals surface area contributed by atoms with Crippen LogP contribution in [0.2, 0.25) is 0 Å². The van der Waals surface area contributed by atoms with Crippen LogP contribution in [0.25, 0.3) is 0 Å². The second-order valence-electron chi connectivity index (χ2n) is 4.70. The number of benzene rings is 2. The van der Waals surface area contributed by atoms with Crippen LogP contribution < -0.4 is 21.2 Å². The second kappa shape index (κ2) is 5.95. The number of rotatable bonds is 3. The Morgan fingerprint density at radius 1 is 1.05 bits per heavy atom. The van der Waals surface area contributed by atoms with Gasteiger partial charge in [-0.25, -0.2) is 0 Å². The Balaban J connectivity index is 2.01. The van der Waals surface area contributed by atoms with E-state index in [4.69, 9.17) is 4.74 Å². The van der Waals surface area contributed by atoms with Gasteiger partial charge in [0.25, 0.3) is 0 Å². The summed E-state index contributed by atoms with van der Waals surface area (Å²) < 4.78 is 8.00. The number of ether oxygens (including phenoxy) is 1. The van der Waals surface area contributed by atoms with E-state index in [2.05, 4.69) is 48.5 Å². The van der Waals surface area contributed by atoms with E-state index < -0.39 is 0 Å². The van der Waals surface area contributed by atoms with Crippen molar-refractivity contribution in [2.24, 2.45) is 0 Å². The zero-order valence-corrected chi connectivity index (χ0v) is 13.5. The minimum atomic E-state index is -0.138. The van der Waals surface area contributed by atoms with Crippen molar-refractivity contribution in [1.82, 2.24) is 0 Å². The molecule has 1 heterocycles. The fourth-order valence-electron chi connectivity index (χ4n) is 2.57. The van der Waals surface area contributed by atoms with Crippen molar-refractivity contribution in [3.8, 4) is 0 Å². The summed E-state index contributed by atoms with van der Waals surface area (Å²) in [5.74, 6) is 0.0390. The topological polar surface area (TPSA) is 26.3 Å². The summed E-state index contributed by atoms with van der Waals surface area (Å²) in [5.41, 5.74) is 2.62. The molecule has 0 atom stereocenters. The molecule has 3 heteroatoms. The Bertz CT molecular complexity index is 591. The van der Waals surface area contributed by atoms with Crippen molar-refractivity contribution in [3.63, 3.8) is 0 Å². The van der Waals surface area contributed by atoms with Crippen LogP contribution in [-0.4, -0.2) is 12.6 Å². The first-order chi connectivity index (χ1) is 9.79. The van der Waals surface area contributed by atoms with Gasteiger partial charge in [0.2, 0.25) is 0 Å². The molecule has 2 nitrogen and oxygen atoms in total. The molecule has 0 saturated carbocycles. The van der Waals surface area contributed by atoms with Crippen LogP contribution in [0.3, 0.4) is 0 Å². The van der Waals surface area contributed by atoms with Gasteiger partial charge in [-0.1, -0.05) is 0 Å². The first-order valence-corrected chi connectivity index (χ1v) is 8.93. The van der Waals surface area contributed by atoms with Gasteiger partial charge in [-0.3, -0.25) is 0 Å². The van der Waals surface area contributed by atoms with Crippen molar-refractivity contribution in [2.45, 2.75) is 19.3 Å². The van der Waals surface area contributed by atoms with Gasteiger partial charge >= 0.3 is 129 Å². The molecule has 0 unspecified atom stereocenters. The number of hydrogen-bond acceptors (Lipinski definition) is 2. The average Bonchev–Trinajstić information content (AvgIpc) is 2.47. The number of halogens is 1. The van der Waals surface area contributed by atoms with Gasteiger partial charge in [-0.05, 0) is 0 Å². The Morgan fingerprint density at radius 2 is 1.60 bits per heavy atom. The number of carbonyl (C=O) groups excluding carboxylic acids is 1.